The molecule has 0 spiro atoms. The van der Waals surface area contributed by atoms with Crippen molar-refractivity contribution in [3.05, 3.63) is 57.5 Å². The van der Waals surface area contributed by atoms with Gasteiger partial charge in [0.1, 0.15) is 0 Å². The average molecular weight is 531 g/mol. The number of benzene rings is 2. The summed E-state index contributed by atoms with van der Waals surface area (Å²) in [7, 11) is 0.0951. The summed E-state index contributed by atoms with van der Waals surface area (Å²) in [6.45, 7) is 4.31. The first kappa shape index (κ1) is 29.1. The molecule has 0 amide bonds. The Hall–Kier alpha value is -0.940. The van der Waals surface area contributed by atoms with Gasteiger partial charge in [0.15, 0.2) is 11.0 Å². The molecule has 0 saturated heterocycles. The van der Waals surface area contributed by atoms with Crippen LogP contribution in [-0.2, 0) is 20.0 Å². The standard InChI is InChI=1S/C16H15Cl4NO3S2.C2H6.C2H2/c17-12-3-6-14(7-4-12)25(22)21(9-1-2-10-26(20,23)24)16-11-13(18)5-8-15(16)19;2*1-2/h3-8,11H,1-2,9-10H2;1-2H3;1-2H. The Balaban J connectivity index is 0.00000198. The van der Waals surface area contributed by atoms with Crippen LogP contribution >= 0.6 is 45.5 Å². The zero-order valence-corrected chi connectivity index (χ0v) is 21.2. The molecule has 0 aromatic heterocycles. The lowest BCUT2D eigenvalue weighted by molar-refractivity contribution is 0.605. The fraction of sp³-hybridized carbons (Fsp3) is 0.300. The minimum atomic E-state index is -3.56. The summed E-state index contributed by atoms with van der Waals surface area (Å²) in [5.74, 6) is -0.154. The lowest BCUT2D eigenvalue weighted by Crippen LogP contribution is -2.27. The minimum absolute atomic E-state index is 0.154. The second-order valence-corrected chi connectivity index (χ2v) is 10.9. The molecule has 0 radical (unpaired) electrons. The summed E-state index contributed by atoms with van der Waals surface area (Å²) in [5.41, 5.74) is 0.501. The Labute approximate surface area is 201 Å². The van der Waals surface area contributed by atoms with Gasteiger partial charge in [-0.1, -0.05) is 48.7 Å². The van der Waals surface area contributed by atoms with Gasteiger partial charge in [-0.25, -0.2) is 12.6 Å². The topological polar surface area (TPSA) is 54.5 Å². The summed E-state index contributed by atoms with van der Waals surface area (Å²) < 4.78 is 36.8. The second-order valence-electron chi connectivity index (χ2n) is 5.35. The number of rotatable bonds is 8. The third-order valence-electron chi connectivity index (χ3n) is 3.39. The van der Waals surface area contributed by atoms with Gasteiger partial charge in [0, 0.05) is 27.3 Å². The zero-order valence-electron chi connectivity index (χ0n) is 16.5. The van der Waals surface area contributed by atoms with Crippen molar-refractivity contribution in [1.82, 2.24) is 0 Å². The molecule has 30 heavy (non-hydrogen) atoms. The monoisotopic (exact) mass is 529 g/mol. The van der Waals surface area contributed by atoms with Crippen molar-refractivity contribution >= 4 is 71.2 Å². The van der Waals surface area contributed by atoms with Crippen molar-refractivity contribution in [3.63, 3.8) is 0 Å². The molecule has 0 aliphatic rings. The molecule has 10 heteroatoms. The SMILES string of the molecule is C#C.CC.O=S(c1ccc(Cl)cc1)N(CCCCS(=O)(=O)Cl)c1cc(Cl)ccc1Cl. The number of hydrogen-bond acceptors (Lipinski definition) is 3. The van der Waals surface area contributed by atoms with Crippen LogP contribution in [0.4, 0.5) is 5.69 Å². The molecule has 166 valence electrons. The highest BCUT2D eigenvalue weighted by molar-refractivity contribution is 8.13. The molecule has 0 bridgehead atoms. The third-order valence-corrected chi connectivity index (χ3v) is 6.89. The van der Waals surface area contributed by atoms with Gasteiger partial charge in [-0.2, -0.15) is 0 Å². The quantitative estimate of drug-likeness (QED) is 0.214. The second kappa shape index (κ2) is 15.0. The van der Waals surface area contributed by atoms with E-state index >= 15 is 0 Å². The number of hydrogen-bond donors (Lipinski definition) is 0. The van der Waals surface area contributed by atoms with E-state index in [0.29, 0.717) is 45.0 Å². The first-order valence-electron chi connectivity index (χ1n) is 8.83. The van der Waals surface area contributed by atoms with Gasteiger partial charge in [0.25, 0.3) is 0 Å². The Bertz CT molecular complexity index is 933. The maximum absolute atomic E-state index is 13.1. The van der Waals surface area contributed by atoms with Gasteiger partial charge in [-0.05, 0) is 55.3 Å². The highest BCUT2D eigenvalue weighted by Crippen LogP contribution is 2.32. The van der Waals surface area contributed by atoms with Gasteiger partial charge >= 0.3 is 0 Å². The zero-order chi connectivity index (χ0) is 23.3. The number of anilines is 1. The first-order valence-corrected chi connectivity index (χ1v) is 13.5. The largest absolute Gasteiger partial charge is 0.286 e. The summed E-state index contributed by atoms with van der Waals surface area (Å²) in [6, 6.07) is 11.5. The maximum Gasteiger partial charge on any atom is 0.232 e. The van der Waals surface area contributed by atoms with Crippen LogP contribution in [0.15, 0.2) is 47.4 Å². The molecule has 2 aromatic carbocycles. The molecule has 0 fully saturated rings. The lowest BCUT2D eigenvalue weighted by atomic mass is 10.3. The third kappa shape index (κ3) is 10.4. The molecule has 0 aliphatic carbocycles. The minimum Gasteiger partial charge on any atom is -0.286 e. The number of terminal acetylenes is 1. The van der Waals surface area contributed by atoms with Crippen molar-refractivity contribution in [3.8, 4) is 12.8 Å². The van der Waals surface area contributed by atoms with Crippen molar-refractivity contribution in [1.29, 1.82) is 0 Å². The summed E-state index contributed by atoms with van der Waals surface area (Å²) in [4.78, 5) is 0.537. The molecule has 0 N–H and O–H groups in total. The molecule has 1 atom stereocenters. The molecular formula is C20H23Cl4NO3S2. The van der Waals surface area contributed by atoms with E-state index in [-0.39, 0.29) is 5.75 Å². The lowest BCUT2D eigenvalue weighted by Gasteiger charge is -2.24. The molecule has 2 aromatic rings. The Morgan fingerprint density at radius 3 is 2.00 bits per heavy atom. The molecule has 2 rings (SSSR count). The van der Waals surface area contributed by atoms with Gasteiger partial charge in [0.2, 0.25) is 9.05 Å². The fourth-order valence-electron chi connectivity index (χ4n) is 2.18. The first-order chi connectivity index (χ1) is 14.2. The molecule has 0 heterocycles. The van der Waals surface area contributed by atoms with E-state index in [1.807, 2.05) is 13.8 Å². The Morgan fingerprint density at radius 2 is 1.47 bits per heavy atom. The maximum atomic E-state index is 13.1. The predicted molar refractivity (Wildman–Crippen MR) is 132 cm³/mol. The van der Waals surface area contributed by atoms with Crippen LogP contribution in [0.1, 0.15) is 26.7 Å². The van der Waals surface area contributed by atoms with E-state index in [1.54, 1.807) is 46.8 Å². The van der Waals surface area contributed by atoms with Crippen molar-refractivity contribution in [2.75, 3.05) is 16.6 Å². The van der Waals surface area contributed by atoms with E-state index in [1.165, 1.54) is 0 Å². The van der Waals surface area contributed by atoms with Crippen LogP contribution in [0.25, 0.3) is 0 Å². The van der Waals surface area contributed by atoms with E-state index in [2.05, 4.69) is 12.8 Å². The normalized spacial score (nSPS) is 11.3. The Kier molecular flexibility index (Phi) is 14.5. The number of halogens is 4. The predicted octanol–water partition coefficient (Wildman–Crippen LogP) is 6.80. The molecule has 1 unspecified atom stereocenters. The highest BCUT2D eigenvalue weighted by atomic mass is 35.7. The number of nitrogens with zero attached hydrogens (tertiary/aromatic N) is 1. The molecule has 0 aliphatic heterocycles. The van der Waals surface area contributed by atoms with Gasteiger partial charge in [0.05, 0.1) is 21.4 Å². The fourth-order valence-corrected chi connectivity index (χ4v) is 4.86. The molecule has 0 saturated carbocycles. The van der Waals surface area contributed by atoms with Gasteiger partial charge in [-0.3, -0.25) is 4.31 Å². The van der Waals surface area contributed by atoms with Crippen LogP contribution < -0.4 is 4.31 Å². The van der Waals surface area contributed by atoms with E-state index < -0.39 is 20.0 Å². The van der Waals surface area contributed by atoms with Crippen LogP contribution in [0.5, 0.6) is 0 Å². The smallest absolute Gasteiger partial charge is 0.232 e. The van der Waals surface area contributed by atoms with Crippen LogP contribution in [0.2, 0.25) is 15.1 Å². The summed E-state index contributed by atoms with van der Waals surface area (Å²) in [6.07, 6.45) is 8.78. The van der Waals surface area contributed by atoms with Crippen LogP contribution in [-0.4, -0.2) is 24.9 Å². The van der Waals surface area contributed by atoms with Crippen molar-refractivity contribution in [2.24, 2.45) is 0 Å². The summed E-state index contributed by atoms with van der Waals surface area (Å²) in [5, 5.41) is 1.37. The van der Waals surface area contributed by atoms with Crippen LogP contribution in [0.3, 0.4) is 0 Å². The number of unbranched alkanes of at least 4 members (excludes halogenated alkanes) is 1. The van der Waals surface area contributed by atoms with Crippen molar-refractivity contribution < 1.29 is 12.6 Å². The van der Waals surface area contributed by atoms with E-state index in [9.17, 15) is 12.6 Å². The van der Waals surface area contributed by atoms with Crippen LogP contribution in [0, 0.1) is 12.8 Å². The van der Waals surface area contributed by atoms with Gasteiger partial charge < -0.3 is 0 Å². The summed E-state index contributed by atoms with van der Waals surface area (Å²) >= 11 is 18.2. The van der Waals surface area contributed by atoms with Gasteiger partial charge in [-0.15, -0.1) is 12.8 Å². The van der Waals surface area contributed by atoms with E-state index in [4.69, 9.17) is 45.5 Å². The van der Waals surface area contributed by atoms with E-state index in [0.717, 1.165) is 0 Å². The Morgan fingerprint density at radius 1 is 0.933 bits per heavy atom. The van der Waals surface area contributed by atoms with Crippen molar-refractivity contribution in [2.45, 2.75) is 31.6 Å². The molecular weight excluding hydrogens is 508 g/mol. The highest BCUT2D eigenvalue weighted by Gasteiger charge is 2.19. The average Bonchev–Trinajstić information content (AvgIpc) is 2.72. The molecule has 4 nitrogen and oxygen atoms in total.